The number of aromatic nitrogens is 1. The van der Waals surface area contributed by atoms with Crippen molar-refractivity contribution in [2.75, 3.05) is 37.9 Å². The number of anilines is 1. The fraction of sp³-hybridized carbons (Fsp3) is 0.333. The zero-order valence-corrected chi connectivity index (χ0v) is 19.0. The second kappa shape index (κ2) is 8.98. The van der Waals surface area contributed by atoms with Gasteiger partial charge in [-0.15, -0.1) is 0 Å². The van der Waals surface area contributed by atoms with Gasteiger partial charge in [0.25, 0.3) is 5.91 Å². The van der Waals surface area contributed by atoms with Gasteiger partial charge < -0.3 is 14.4 Å². The summed E-state index contributed by atoms with van der Waals surface area (Å²) >= 11 is 13.7. The Balaban J connectivity index is 1.70. The summed E-state index contributed by atoms with van der Waals surface area (Å²) in [5.41, 5.74) is 1.20. The first-order valence-electron chi connectivity index (χ1n) is 9.69. The van der Waals surface area contributed by atoms with E-state index in [0.717, 1.165) is 29.9 Å². The molecule has 0 radical (unpaired) electrons. The van der Waals surface area contributed by atoms with Crippen LogP contribution in [0.1, 0.15) is 24.2 Å². The summed E-state index contributed by atoms with van der Waals surface area (Å²) in [5.74, 6) is 1.17. The number of hydrogen-bond acceptors (Lipinski definition) is 6. The van der Waals surface area contributed by atoms with Crippen molar-refractivity contribution in [2.24, 2.45) is 0 Å². The Labute approximate surface area is 188 Å². The van der Waals surface area contributed by atoms with Gasteiger partial charge in [0.1, 0.15) is 0 Å². The summed E-state index contributed by atoms with van der Waals surface area (Å²) in [6.45, 7) is 7.45. The molecule has 1 aliphatic heterocycles. The average Bonchev–Trinajstić information content (AvgIpc) is 3.34. The molecule has 1 aromatic heterocycles. The summed E-state index contributed by atoms with van der Waals surface area (Å²) in [4.78, 5) is 22.1. The first-order chi connectivity index (χ1) is 14.5. The third kappa shape index (κ3) is 4.34. The van der Waals surface area contributed by atoms with E-state index in [2.05, 4.69) is 18.7 Å². The van der Waals surface area contributed by atoms with Crippen LogP contribution in [0.5, 0.6) is 11.5 Å². The van der Waals surface area contributed by atoms with E-state index in [1.165, 1.54) is 11.3 Å². The molecule has 0 N–H and O–H groups in total. The first-order valence-corrected chi connectivity index (χ1v) is 11.3. The number of carbonyl (C=O) groups is 1. The Kier molecular flexibility index (Phi) is 6.34. The molecule has 2 aromatic carbocycles. The molecule has 9 heteroatoms. The molecular formula is C21H21Cl2N3O3S. The van der Waals surface area contributed by atoms with Crippen LogP contribution < -0.4 is 14.4 Å². The number of nitrogens with zero attached hydrogens (tertiary/aromatic N) is 3. The second-order valence-electron chi connectivity index (χ2n) is 6.81. The molecule has 4 rings (SSSR count). The van der Waals surface area contributed by atoms with Gasteiger partial charge in [-0.1, -0.05) is 48.4 Å². The predicted molar refractivity (Wildman–Crippen MR) is 122 cm³/mol. The summed E-state index contributed by atoms with van der Waals surface area (Å²) in [6.07, 6.45) is 0. The van der Waals surface area contributed by atoms with Gasteiger partial charge in [-0.25, -0.2) is 4.98 Å². The molecule has 30 heavy (non-hydrogen) atoms. The van der Waals surface area contributed by atoms with Crippen LogP contribution in [0.15, 0.2) is 30.3 Å². The summed E-state index contributed by atoms with van der Waals surface area (Å²) in [6, 6.07) is 8.62. The summed E-state index contributed by atoms with van der Waals surface area (Å²) < 4.78 is 11.9. The molecule has 3 aromatic rings. The van der Waals surface area contributed by atoms with Crippen LogP contribution in [0.4, 0.5) is 5.13 Å². The molecule has 0 fully saturated rings. The largest absolute Gasteiger partial charge is 0.454 e. The molecule has 0 atom stereocenters. The van der Waals surface area contributed by atoms with Crippen molar-refractivity contribution >= 4 is 55.8 Å². The van der Waals surface area contributed by atoms with E-state index in [-0.39, 0.29) is 12.7 Å². The van der Waals surface area contributed by atoms with Crippen LogP contribution in [-0.4, -0.2) is 48.8 Å². The third-order valence-electron chi connectivity index (χ3n) is 4.99. The molecule has 1 aliphatic rings. The number of rotatable bonds is 7. The highest BCUT2D eigenvalue weighted by atomic mass is 35.5. The van der Waals surface area contributed by atoms with E-state index in [1.54, 1.807) is 23.1 Å². The molecule has 0 spiro atoms. The molecule has 0 saturated carbocycles. The van der Waals surface area contributed by atoms with Crippen LogP contribution in [0.25, 0.3) is 10.2 Å². The topological polar surface area (TPSA) is 54.9 Å². The molecule has 0 unspecified atom stereocenters. The van der Waals surface area contributed by atoms with Crippen LogP contribution in [-0.2, 0) is 0 Å². The zero-order valence-electron chi connectivity index (χ0n) is 16.7. The van der Waals surface area contributed by atoms with Crippen molar-refractivity contribution < 1.29 is 14.3 Å². The SMILES string of the molecule is CCN(CC)CCN(C(=O)c1cc(Cl)cc(Cl)c1)c1nc2cc3c(cc2s1)OCO3. The molecule has 0 saturated heterocycles. The fourth-order valence-corrected chi connectivity index (χ4v) is 4.85. The first kappa shape index (κ1) is 21.2. The molecule has 1 amide bonds. The standard InChI is InChI=1S/C21H21Cl2N3O3S/c1-3-25(4-2)5-6-26(20(27)13-7-14(22)9-15(23)8-13)21-24-16-10-17-18(29-12-28-17)11-19(16)30-21/h7-11H,3-6,12H2,1-2H3. The van der Waals surface area contributed by atoms with Gasteiger partial charge in [-0.3, -0.25) is 9.69 Å². The quantitative estimate of drug-likeness (QED) is 0.472. The second-order valence-corrected chi connectivity index (χ2v) is 8.69. The van der Waals surface area contributed by atoms with Crippen molar-refractivity contribution in [2.45, 2.75) is 13.8 Å². The van der Waals surface area contributed by atoms with E-state index in [0.29, 0.717) is 38.8 Å². The van der Waals surface area contributed by atoms with Crippen LogP contribution >= 0.6 is 34.5 Å². The van der Waals surface area contributed by atoms with Crippen LogP contribution in [0.2, 0.25) is 10.0 Å². The Morgan fingerprint density at radius 1 is 1.03 bits per heavy atom. The number of benzene rings is 2. The average molecular weight is 466 g/mol. The Morgan fingerprint density at radius 2 is 1.70 bits per heavy atom. The predicted octanol–water partition coefficient (Wildman–Crippen LogP) is 5.32. The lowest BCUT2D eigenvalue weighted by molar-refractivity contribution is 0.0983. The van der Waals surface area contributed by atoms with Gasteiger partial charge >= 0.3 is 0 Å². The maximum absolute atomic E-state index is 13.4. The fourth-order valence-electron chi connectivity index (χ4n) is 3.32. The number of hydrogen-bond donors (Lipinski definition) is 0. The molecule has 6 nitrogen and oxygen atoms in total. The molecule has 0 bridgehead atoms. The maximum atomic E-state index is 13.4. The highest BCUT2D eigenvalue weighted by Gasteiger charge is 2.24. The maximum Gasteiger partial charge on any atom is 0.260 e. The van der Waals surface area contributed by atoms with E-state index in [4.69, 9.17) is 37.7 Å². The van der Waals surface area contributed by atoms with E-state index in [1.807, 2.05) is 12.1 Å². The number of halogens is 2. The molecule has 158 valence electrons. The zero-order chi connectivity index (χ0) is 21.3. The normalized spacial score (nSPS) is 12.7. The van der Waals surface area contributed by atoms with Crippen molar-refractivity contribution in [3.63, 3.8) is 0 Å². The van der Waals surface area contributed by atoms with E-state index < -0.39 is 0 Å². The number of fused-ring (bicyclic) bond motifs is 2. The summed E-state index contributed by atoms with van der Waals surface area (Å²) in [7, 11) is 0. The molecular weight excluding hydrogens is 445 g/mol. The minimum atomic E-state index is -0.189. The van der Waals surface area contributed by atoms with Crippen LogP contribution in [0.3, 0.4) is 0 Å². The summed E-state index contributed by atoms with van der Waals surface area (Å²) in [5, 5.41) is 1.45. The number of ether oxygens (including phenoxy) is 2. The highest BCUT2D eigenvalue weighted by molar-refractivity contribution is 7.22. The van der Waals surface area contributed by atoms with Gasteiger partial charge in [0.05, 0.1) is 10.2 Å². The number of likely N-dealkylation sites (N-methyl/N-ethyl adjacent to an activating group) is 1. The molecule has 2 heterocycles. The van der Waals surface area contributed by atoms with E-state index in [9.17, 15) is 4.79 Å². The Morgan fingerprint density at radius 3 is 2.37 bits per heavy atom. The van der Waals surface area contributed by atoms with Gasteiger partial charge in [0.15, 0.2) is 16.6 Å². The van der Waals surface area contributed by atoms with Gasteiger partial charge in [-0.05, 0) is 31.3 Å². The van der Waals surface area contributed by atoms with Crippen LogP contribution in [0, 0.1) is 0 Å². The Hall–Kier alpha value is -2.06. The minimum Gasteiger partial charge on any atom is -0.454 e. The lowest BCUT2D eigenvalue weighted by atomic mass is 10.2. The van der Waals surface area contributed by atoms with Gasteiger partial charge in [-0.2, -0.15) is 0 Å². The third-order valence-corrected chi connectivity index (χ3v) is 6.47. The van der Waals surface area contributed by atoms with E-state index >= 15 is 0 Å². The number of amides is 1. The monoisotopic (exact) mass is 465 g/mol. The van der Waals surface area contributed by atoms with Crippen molar-refractivity contribution in [1.82, 2.24) is 9.88 Å². The molecule has 0 aliphatic carbocycles. The lowest BCUT2D eigenvalue weighted by Gasteiger charge is -2.24. The van der Waals surface area contributed by atoms with Gasteiger partial charge in [0, 0.05) is 40.8 Å². The van der Waals surface area contributed by atoms with Crippen molar-refractivity contribution in [3.05, 3.63) is 45.9 Å². The lowest BCUT2D eigenvalue weighted by Crippen LogP contribution is -2.38. The smallest absolute Gasteiger partial charge is 0.260 e. The number of carbonyl (C=O) groups excluding carboxylic acids is 1. The van der Waals surface area contributed by atoms with Crippen molar-refractivity contribution in [1.29, 1.82) is 0 Å². The highest BCUT2D eigenvalue weighted by Crippen LogP contribution is 2.40. The van der Waals surface area contributed by atoms with Gasteiger partial charge in [0.2, 0.25) is 6.79 Å². The minimum absolute atomic E-state index is 0.189. The Bertz CT molecular complexity index is 1020. The van der Waals surface area contributed by atoms with Crippen molar-refractivity contribution in [3.8, 4) is 11.5 Å². The number of thiazole rings is 1.